The first-order chi connectivity index (χ1) is 9.39. The van der Waals surface area contributed by atoms with Crippen LogP contribution in [0.3, 0.4) is 0 Å². The first-order valence-electron chi connectivity index (χ1n) is 7.77. The molecule has 0 aliphatic heterocycles. The van der Waals surface area contributed by atoms with E-state index in [1.807, 2.05) is 20.8 Å². The molecule has 0 heterocycles. The summed E-state index contributed by atoms with van der Waals surface area (Å²) in [5.41, 5.74) is -0.493. The number of nitrogens with zero attached hydrogens (tertiary/aromatic N) is 1. The van der Waals surface area contributed by atoms with E-state index in [1.54, 1.807) is 0 Å². The average Bonchev–Trinajstić information content (AvgIpc) is 2.40. The number of rotatable bonds is 11. The molecule has 0 amide bonds. The Balaban J connectivity index is 3.77. The summed E-state index contributed by atoms with van der Waals surface area (Å²) in [4.78, 5) is 0. The standard InChI is InChI=1S/C16H32N2O2/c1-6-10-18-16(7-2,14-17)9-8-11-19-12-13-20-15(3,4)5/h18H,6-13H2,1-5H3. The van der Waals surface area contributed by atoms with Crippen molar-refractivity contribution >= 4 is 0 Å². The van der Waals surface area contributed by atoms with E-state index in [1.165, 1.54) is 0 Å². The van der Waals surface area contributed by atoms with Gasteiger partial charge in [-0.15, -0.1) is 0 Å². The van der Waals surface area contributed by atoms with E-state index in [0.29, 0.717) is 19.8 Å². The minimum Gasteiger partial charge on any atom is -0.379 e. The molecular weight excluding hydrogens is 252 g/mol. The number of hydrogen-bond donors (Lipinski definition) is 1. The van der Waals surface area contributed by atoms with Crippen LogP contribution in [0.15, 0.2) is 0 Å². The fraction of sp³-hybridized carbons (Fsp3) is 0.938. The summed E-state index contributed by atoms with van der Waals surface area (Å²) in [7, 11) is 0. The summed E-state index contributed by atoms with van der Waals surface area (Å²) in [5.74, 6) is 0. The van der Waals surface area contributed by atoms with Gasteiger partial charge in [-0.1, -0.05) is 13.8 Å². The molecule has 0 aromatic carbocycles. The summed E-state index contributed by atoms with van der Waals surface area (Å²) < 4.78 is 11.1. The van der Waals surface area contributed by atoms with Gasteiger partial charge in [-0.2, -0.15) is 5.26 Å². The van der Waals surface area contributed by atoms with Crippen LogP contribution < -0.4 is 5.32 Å². The first kappa shape index (κ1) is 19.4. The molecule has 0 aromatic heterocycles. The van der Waals surface area contributed by atoms with E-state index in [-0.39, 0.29) is 11.1 Å². The van der Waals surface area contributed by atoms with Gasteiger partial charge in [0.05, 0.1) is 24.9 Å². The van der Waals surface area contributed by atoms with Crippen molar-refractivity contribution in [3.63, 3.8) is 0 Å². The van der Waals surface area contributed by atoms with Gasteiger partial charge in [-0.25, -0.2) is 0 Å². The normalized spacial score (nSPS) is 14.8. The third-order valence-corrected chi connectivity index (χ3v) is 3.19. The highest BCUT2D eigenvalue weighted by molar-refractivity contribution is 5.06. The Hall–Kier alpha value is -0.630. The number of hydrogen-bond acceptors (Lipinski definition) is 4. The minimum absolute atomic E-state index is 0.106. The number of ether oxygens (including phenoxy) is 2. The lowest BCUT2D eigenvalue weighted by molar-refractivity contribution is -0.0354. The van der Waals surface area contributed by atoms with Crippen LogP contribution in [0, 0.1) is 11.3 Å². The summed E-state index contributed by atoms with van der Waals surface area (Å²) in [6.45, 7) is 13.1. The molecule has 1 N–H and O–H groups in total. The highest BCUT2D eigenvalue weighted by atomic mass is 16.5. The van der Waals surface area contributed by atoms with Crippen LogP contribution in [-0.4, -0.2) is 37.5 Å². The van der Waals surface area contributed by atoms with Crippen molar-refractivity contribution in [3.05, 3.63) is 0 Å². The topological polar surface area (TPSA) is 54.3 Å². The minimum atomic E-state index is -0.388. The zero-order valence-electron chi connectivity index (χ0n) is 13.9. The molecule has 1 unspecified atom stereocenters. The quantitative estimate of drug-likeness (QED) is 0.592. The molecule has 20 heavy (non-hydrogen) atoms. The average molecular weight is 284 g/mol. The van der Waals surface area contributed by atoms with Crippen LogP contribution in [0.2, 0.25) is 0 Å². The molecule has 0 bridgehead atoms. The van der Waals surface area contributed by atoms with Gasteiger partial charge in [-0.3, -0.25) is 5.32 Å². The maximum absolute atomic E-state index is 9.36. The van der Waals surface area contributed by atoms with E-state index in [4.69, 9.17) is 9.47 Å². The highest BCUT2D eigenvalue weighted by Crippen LogP contribution is 2.16. The van der Waals surface area contributed by atoms with E-state index < -0.39 is 0 Å². The zero-order chi connectivity index (χ0) is 15.5. The summed E-state index contributed by atoms with van der Waals surface area (Å²) in [6, 6.07) is 2.43. The highest BCUT2D eigenvalue weighted by Gasteiger charge is 2.26. The second-order valence-corrected chi connectivity index (χ2v) is 6.15. The molecule has 0 rings (SSSR count). The van der Waals surface area contributed by atoms with E-state index in [0.717, 1.165) is 32.2 Å². The second-order valence-electron chi connectivity index (χ2n) is 6.15. The Bertz CT molecular complexity index is 281. The molecule has 0 saturated heterocycles. The van der Waals surface area contributed by atoms with E-state index in [2.05, 4.69) is 25.2 Å². The monoisotopic (exact) mass is 284 g/mol. The van der Waals surface area contributed by atoms with Crippen molar-refractivity contribution in [2.45, 2.75) is 71.4 Å². The van der Waals surface area contributed by atoms with Crippen molar-refractivity contribution in [1.82, 2.24) is 5.32 Å². The van der Waals surface area contributed by atoms with Crippen molar-refractivity contribution in [2.75, 3.05) is 26.4 Å². The summed E-state index contributed by atoms with van der Waals surface area (Å²) in [6.07, 6.45) is 3.61. The zero-order valence-corrected chi connectivity index (χ0v) is 13.9. The lowest BCUT2D eigenvalue weighted by Crippen LogP contribution is -2.44. The van der Waals surface area contributed by atoms with Crippen molar-refractivity contribution < 1.29 is 9.47 Å². The molecule has 0 aliphatic carbocycles. The Kier molecular flexibility index (Phi) is 9.83. The van der Waals surface area contributed by atoms with E-state index in [9.17, 15) is 5.26 Å². The van der Waals surface area contributed by atoms with Gasteiger partial charge < -0.3 is 9.47 Å². The van der Waals surface area contributed by atoms with Gasteiger partial charge >= 0.3 is 0 Å². The van der Waals surface area contributed by atoms with Gasteiger partial charge in [0, 0.05) is 6.61 Å². The number of nitriles is 1. The third kappa shape index (κ3) is 9.30. The Labute approximate surface area is 124 Å². The van der Waals surface area contributed by atoms with Gasteiger partial charge in [0.25, 0.3) is 0 Å². The predicted octanol–water partition coefficient (Wildman–Crippen LogP) is 3.27. The molecule has 0 fully saturated rings. The molecule has 0 radical (unpaired) electrons. The number of nitrogens with one attached hydrogen (secondary N) is 1. The van der Waals surface area contributed by atoms with Gasteiger partial charge in [0.1, 0.15) is 5.54 Å². The van der Waals surface area contributed by atoms with Crippen LogP contribution in [-0.2, 0) is 9.47 Å². The molecular formula is C16H32N2O2. The molecule has 4 heteroatoms. The van der Waals surface area contributed by atoms with Gasteiger partial charge in [-0.05, 0) is 53.0 Å². The van der Waals surface area contributed by atoms with Crippen LogP contribution in [0.5, 0.6) is 0 Å². The molecule has 0 aromatic rings. The largest absolute Gasteiger partial charge is 0.379 e. The Morgan fingerprint density at radius 3 is 2.30 bits per heavy atom. The van der Waals surface area contributed by atoms with Crippen molar-refractivity contribution in [3.8, 4) is 6.07 Å². The summed E-state index contributed by atoms with van der Waals surface area (Å²) >= 11 is 0. The van der Waals surface area contributed by atoms with Crippen LogP contribution in [0.25, 0.3) is 0 Å². The smallest absolute Gasteiger partial charge is 0.106 e. The lowest BCUT2D eigenvalue weighted by atomic mass is 9.92. The maximum Gasteiger partial charge on any atom is 0.106 e. The first-order valence-corrected chi connectivity index (χ1v) is 7.77. The van der Waals surface area contributed by atoms with Gasteiger partial charge in [0.2, 0.25) is 0 Å². The van der Waals surface area contributed by atoms with Crippen LogP contribution in [0.1, 0.15) is 60.3 Å². The predicted molar refractivity (Wildman–Crippen MR) is 82.7 cm³/mol. The van der Waals surface area contributed by atoms with Crippen LogP contribution >= 0.6 is 0 Å². The van der Waals surface area contributed by atoms with E-state index >= 15 is 0 Å². The molecule has 118 valence electrons. The Morgan fingerprint density at radius 1 is 1.10 bits per heavy atom. The summed E-state index contributed by atoms with van der Waals surface area (Å²) in [5, 5.41) is 12.7. The second kappa shape index (κ2) is 10.1. The third-order valence-electron chi connectivity index (χ3n) is 3.19. The molecule has 1 atom stereocenters. The SMILES string of the molecule is CCCNC(C#N)(CC)CCCOCCOC(C)(C)C. The Morgan fingerprint density at radius 2 is 1.80 bits per heavy atom. The lowest BCUT2D eigenvalue weighted by Gasteiger charge is -2.26. The molecule has 0 spiro atoms. The molecule has 0 saturated carbocycles. The molecule has 0 aliphatic rings. The van der Waals surface area contributed by atoms with Gasteiger partial charge in [0.15, 0.2) is 0 Å². The fourth-order valence-corrected chi connectivity index (χ4v) is 1.91. The van der Waals surface area contributed by atoms with Crippen LogP contribution in [0.4, 0.5) is 0 Å². The van der Waals surface area contributed by atoms with Crippen molar-refractivity contribution in [2.24, 2.45) is 0 Å². The fourth-order valence-electron chi connectivity index (χ4n) is 1.91. The molecule has 4 nitrogen and oxygen atoms in total. The van der Waals surface area contributed by atoms with Crippen molar-refractivity contribution in [1.29, 1.82) is 5.26 Å². The maximum atomic E-state index is 9.36.